The summed E-state index contributed by atoms with van der Waals surface area (Å²) in [5.74, 6) is 5.88. The van der Waals surface area contributed by atoms with Crippen molar-refractivity contribution in [2.24, 2.45) is 0 Å². The second kappa shape index (κ2) is 9.75. The molecule has 0 saturated carbocycles. The van der Waals surface area contributed by atoms with Crippen LogP contribution in [-0.2, 0) is 11.3 Å². The number of methoxy groups -OCH3 is 1. The molecule has 0 amide bonds. The average Bonchev–Trinajstić information content (AvgIpc) is 2.48. The predicted octanol–water partition coefficient (Wildman–Crippen LogP) is 2.12. The molecule has 0 heterocycles. The Morgan fingerprint density at radius 1 is 1.38 bits per heavy atom. The van der Waals surface area contributed by atoms with Gasteiger partial charge in [0.05, 0.1) is 18.1 Å². The molecule has 0 unspecified atom stereocenters. The number of nitrogens with one attached hydrogen (secondary N) is 1. The fraction of sp³-hybridized carbons (Fsp3) is 0.467. The van der Waals surface area contributed by atoms with Gasteiger partial charge in [0, 0.05) is 32.7 Å². The fourth-order valence-electron chi connectivity index (χ4n) is 1.68. The molecular weight excluding hydrogens is 272 g/mol. The molecule has 1 rings (SSSR count). The van der Waals surface area contributed by atoms with Crippen molar-refractivity contribution in [1.82, 2.24) is 5.32 Å². The molecule has 0 bridgehead atoms. The molecule has 0 aromatic heterocycles. The second-order valence-corrected chi connectivity index (χ2v) is 4.25. The van der Waals surface area contributed by atoms with Gasteiger partial charge in [0.15, 0.2) is 5.75 Å². The highest BCUT2D eigenvalue weighted by atomic mass is 16.6. The monoisotopic (exact) mass is 292 g/mol. The molecule has 21 heavy (non-hydrogen) atoms. The van der Waals surface area contributed by atoms with Gasteiger partial charge >= 0.3 is 5.69 Å². The first-order valence-electron chi connectivity index (χ1n) is 6.68. The van der Waals surface area contributed by atoms with E-state index in [2.05, 4.69) is 17.2 Å². The summed E-state index contributed by atoms with van der Waals surface area (Å²) in [6, 6.07) is 4.97. The summed E-state index contributed by atoms with van der Waals surface area (Å²) in [7, 11) is 1.63. The van der Waals surface area contributed by atoms with Crippen LogP contribution in [0.15, 0.2) is 18.2 Å². The smallest absolute Gasteiger partial charge is 0.311 e. The first-order chi connectivity index (χ1) is 10.2. The molecule has 6 nitrogen and oxygen atoms in total. The number of nitrogens with zero attached hydrogens (tertiary/aromatic N) is 1. The summed E-state index contributed by atoms with van der Waals surface area (Å²) in [6.45, 7) is 3.92. The van der Waals surface area contributed by atoms with Gasteiger partial charge in [-0.05, 0) is 18.6 Å². The fourth-order valence-corrected chi connectivity index (χ4v) is 1.68. The Balaban J connectivity index is 2.66. The van der Waals surface area contributed by atoms with Gasteiger partial charge in [-0.3, -0.25) is 10.1 Å². The maximum Gasteiger partial charge on any atom is 0.311 e. The van der Waals surface area contributed by atoms with E-state index in [1.807, 2.05) is 6.07 Å². The summed E-state index contributed by atoms with van der Waals surface area (Å²) in [5, 5.41) is 14.2. The number of rotatable bonds is 9. The first-order valence-corrected chi connectivity index (χ1v) is 6.68. The molecule has 1 aromatic rings. The molecule has 1 N–H and O–H groups in total. The highest BCUT2D eigenvalue weighted by Crippen LogP contribution is 2.28. The molecule has 0 aliphatic carbocycles. The van der Waals surface area contributed by atoms with Crippen LogP contribution in [0.4, 0.5) is 5.69 Å². The van der Waals surface area contributed by atoms with Crippen molar-refractivity contribution in [3.05, 3.63) is 33.9 Å². The van der Waals surface area contributed by atoms with Crippen LogP contribution in [0.5, 0.6) is 5.75 Å². The maximum absolute atomic E-state index is 11.1. The van der Waals surface area contributed by atoms with Crippen molar-refractivity contribution in [1.29, 1.82) is 0 Å². The van der Waals surface area contributed by atoms with Crippen molar-refractivity contribution in [3.8, 4) is 17.6 Å². The van der Waals surface area contributed by atoms with Crippen molar-refractivity contribution < 1.29 is 14.4 Å². The van der Waals surface area contributed by atoms with Crippen LogP contribution < -0.4 is 10.1 Å². The molecule has 1 aromatic carbocycles. The Hall–Kier alpha value is -2.10. The lowest BCUT2D eigenvalue weighted by Crippen LogP contribution is -2.18. The van der Waals surface area contributed by atoms with Crippen molar-refractivity contribution in [2.45, 2.75) is 19.9 Å². The molecule has 0 aliphatic rings. The van der Waals surface area contributed by atoms with Gasteiger partial charge in [0.1, 0.15) is 0 Å². The van der Waals surface area contributed by atoms with Crippen LogP contribution in [0.3, 0.4) is 0 Å². The van der Waals surface area contributed by atoms with Gasteiger partial charge < -0.3 is 14.8 Å². The zero-order chi connectivity index (χ0) is 15.5. The predicted molar refractivity (Wildman–Crippen MR) is 80.2 cm³/mol. The number of nitro benzene ring substituents is 1. The number of ether oxygens (including phenoxy) is 2. The second-order valence-electron chi connectivity index (χ2n) is 4.25. The van der Waals surface area contributed by atoms with Gasteiger partial charge in [0.2, 0.25) is 0 Å². The molecule has 6 heteroatoms. The Morgan fingerprint density at radius 2 is 2.19 bits per heavy atom. The normalized spacial score (nSPS) is 9.81. The average molecular weight is 292 g/mol. The van der Waals surface area contributed by atoms with E-state index in [0.29, 0.717) is 32.7 Å². The zero-order valence-electron chi connectivity index (χ0n) is 12.3. The van der Waals surface area contributed by atoms with Crippen LogP contribution >= 0.6 is 0 Å². The Kier molecular flexibility index (Phi) is 7.87. The first kappa shape index (κ1) is 17.0. The standard InChI is InChI=1S/C15H20N2O4/c1-3-4-5-9-21-15-7-6-13(11-14(15)17(18)19)12-16-8-10-20-2/h6-7,11,16H,5,8-10,12H2,1-2H3. The quantitative estimate of drug-likeness (QED) is 0.327. The van der Waals surface area contributed by atoms with Gasteiger partial charge in [-0.2, -0.15) is 0 Å². The van der Waals surface area contributed by atoms with E-state index < -0.39 is 4.92 Å². The summed E-state index contributed by atoms with van der Waals surface area (Å²) < 4.78 is 10.3. The van der Waals surface area contributed by atoms with Gasteiger partial charge in [-0.1, -0.05) is 6.07 Å². The van der Waals surface area contributed by atoms with Crippen LogP contribution in [0.2, 0.25) is 0 Å². The zero-order valence-corrected chi connectivity index (χ0v) is 12.3. The minimum atomic E-state index is -0.431. The van der Waals surface area contributed by atoms with Crippen LogP contribution in [0.25, 0.3) is 0 Å². The molecule has 0 radical (unpaired) electrons. The van der Waals surface area contributed by atoms with Crippen LogP contribution in [0, 0.1) is 22.0 Å². The van der Waals surface area contributed by atoms with Crippen LogP contribution in [0.1, 0.15) is 18.9 Å². The molecule has 0 aliphatic heterocycles. The van der Waals surface area contributed by atoms with Gasteiger partial charge in [-0.25, -0.2) is 0 Å². The molecule has 0 saturated heterocycles. The third kappa shape index (κ3) is 6.25. The highest BCUT2D eigenvalue weighted by molar-refractivity contribution is 5.48. The van der Waals surface area contributed by atoms with Crippen molar-refractivity contribution >= 4 is 5.69 Å². The lowest BCUT2D eigenvalue weighted by Gasteiger charge is -2.08. The van der Waals surface area contributed by atoms with E-state index in [0.717, 1.165) is 5.56 Å². The number of nitro groups is 1. The Morgan fingerprint density at radius 3 is 2.86 bits per heavy atom. The Bertz CT molecular complexity index is 520. The largest absolute Gasteiger partial charge is 0.486 e. The molecule has 114 valence electrons. The van der Waals surface area contributed by atoms with Crippen molar-refractivity contribution in [3.63, 3.8) is 0 Å². The van der Waals surface area contributed by atoms with E-state index >= 15 is 0 Å². The lowest BCUT2D eigenvalue weighted by molar-refractivity contribution is -0.385. The van der Waals surface area contributed by atoms with E-state index in [4.69, 9.17) is 9.47 Å². The summed E-state index contributed by atoms with van der Waals surface area (Å²) in [6.07, 6.45) is 0.550. The summed E-state index contributed by atoms with van der Waals surface area (Å²) in [5.41, 5.74) is 0.809. The summed E-state index contributed by atoms with van der Waals surface area (Å²) in [4.78, 5) is 10.7. The number of hydrogen-bond donors (Lipinski definition) is 1. The van der Waals surface area contributed by atoms with Crippen molar-refractivity contribution in [2.75, 3.05) is 26.9 Å². The highest BCUT2D eigenvalue weighted by Gasteiger charge is 2.15. The minimum Gasteiger partial charge on any atom is -0.486 e. The van der Waals surface area contributed by atoms with Gasteiger partial charge in [0.25, 0.3) is 0 Å². The molecule has 0 atom stereocenters. The maximum atomic E-state index is 11.1. The van der Waals surface area contributed by atoms with Gasteiger partial charge in [-0.15, -0.1) is 11.8 Å². The Labute approximate surface area is 124 Å². The SMILES string of the molecule is CC#CCCOc1ccc(CNCCOC)cc1[N+](=O)[O-]. The third-order valence-corrected chi connectivity index (χ3v) is 2.69. The molecular formula is C15H20N2O4. The van der Waals surface area contributed by atoms with E-state index in [1.54, 1.807) is 20.1 Å². The third-order valence-electron chi connectivity index (χ3n) is 2.69. The minimum absolute atomic E-state index is 0.0227. The topological polar surface area (TPSA) is 73.6 Å². The number of benzene rings is 1. The summed E-state index contributed by atoms with van der Waals surface area (Å²) >= 11 is 0. The van der Waals surface area contributed by atoms with E-state index in [1.165, 1.54) is 6.07 Å². The van der Waals surface area contributed by atoms with Crippen LogP contribution in [-0.4, -0.2) is 31.8 Å². The van der Waals surface area contributed by atoms with E-state index in [9.17, 15) is 10.1 Å². The molecule has 0 fully saturated rings. The lowest BCUT2D eigenvalue weighted by atomic mass is 10.2. The molecule has 0 spiro atoms. The van der Waals surface area contributed by atoms with E-state index in [-0.39, 0.29) is 11.4 Å². The number of hydrogen-bond acceptors (Lipinski definition) is 5.